The van der Waals surface area contributed by atoms with E-state index in [2.05, 4.69) is 26.8 Å². The van der Waals surface area contributed by atoms with Crippen LogP contribution < -0.4 is 0 Å². The maximum Gasteiger partial charge on any atom is 0.178 e. The van der Waals surface area contributed by atoms with Crippen molar-refractivity contribution < 1.29 is 8.42 Å². The van der Waals surface area contributed by atoms with Crippen LogP contribution in [0.3, 0.4) is 0 Å². The minimum Gasteiger partial charge on any atom is -0.224 e. The van der Waals surface area contributed by atoms with Crippen molar-refractivity contribution in [2.75, 3.05) is 5.75 Å². The first-order chi connectivity index (χ1) is 8.83. The number of rotatable bonds is 3. The summed E-state index contributed by atoms with van der Waals surface area (Å²) in [5.41, 5.74) is 1.27. The van der Waals surface area contributed by atoms with Crippen LogP contribution in [0.25, 0.3) is 0 Å². The molecule has 0 heterocycles. The highest BCUT2D eigenvalue weighted by Crippen LogP contribution is 2.42. The summed E-state index contributed by atoms with van der Waals surface area (Å²) in [6.07, 6.45) is 4.30. The second-order valence-corrected chi connectivity index (χ2v) is 8.16. The van der Waals surface area contributed by atoms with Crippen LogP contribution in [0.2, 0.25) is 0 Å². The Labute approximate surface area is 116 Å². The number of hydrogen-bond acceptors (Lipinski definition) is 2. The molecule has 1 aliphatic rings. The highest BCUT2D eigenvalue weighted by molar-refractivity contribution is 7.91. The SMILES string of the molecule is CC1=CCCC(C)(C)[C@@H]1CS(=O)(=O)c1ccccc1. The van der Waals surface area contributed by atoms with Gasteiger partial charge < -0.3 is 0 Å². The molecular weight excluding hydrogens is 256 g/mol. The van der Waals surface area contributed by atoms with Gasteiger partial charge in [-0.15, -0.1) is 0 Å². The third-order valence-corrected chi connectivity index (χ3v) is 6.00. The first-order valence-electron chi connectivity index (χ1n) is 6.77. The van der Waals surface area contributed by atoms with Crippen LogP contribution >= 0.6 is 0 Å². The van der Waals surface area contributed by atoms with Crippen molar-refractivity contribution in [1.29, 1.82) is 0 Å². The maximum atomic E-state index is 12.5. The lowest BCUT2D eigenvalue weighted by atomic mass is 9.70. The average molecular weight is 278 g/mol. The quantitative estimate of drug-likeness (QED) is 0.787. The Morgan fingerprint density at radius 1 is 1.21 bits per heavy atom. The third kappa shape index (κ3) is 3.08. The van der Waals surface area contributed by atoms with Gasteiger partial charge in [-0.2, -0.15) is 0 Å². The number of benzene rings is 1. The molecule has 19 heavy (non-hydrogen) atoms. The van der Waals surface area contributed by atoms with Gasteiger partial charge in [0, 0.05) is 0 Å². The van der Waals surface area contributed by atoms with E-state index in [1.165, 1.54) is 5.57 Å². The third-order valence-electron chi connectivity index (χ3n) is 4.24. The molecule has 0 unspecified atom stereocenters. The first-order valence-corrected chi connectivity index (χ1v) is 8.43. The Kier molecular flexibility index (Phi) is 3.86. The van der Waals surface area contributed by atoms with Gasteiger partial charge in [-0.25, -0.2) is 8.42 Å². The molecule has 0 saturated heterocycles. The monoisotopic (exact) mass is 278 g/mol. The van der Waals surface area contributed by atoms with Crippen LogP contribution in [0.4, 0.5) is 0 Å². The Hall–Kier alpha value is -1.09. The van der Waals surface area contributed by atoms with Gasteiger partial charge >= 0.3 is 0 Å². The number of allylic oxidation sites excluding steroid dienone is 2. The van der Waals surface area contributed by atoms with Crippen LogP contribution in [0.15, 0.2) is 46.9 Å². The van der Waals surface area contributed by atoms with E-state index in [1.54, 1.807) is 24.3 Å². The standard InChI is InChI=1S/C16H22O2S/c1-13-8-7-11-16(2,3)15(13)12-19(17,18)14-9-5-4-6-10-14/h4-6,8-10,15H,7,11-12H2,1-3H3/t15-/m1/s1. The molecule has 0 saturated carbocycles. The fourth-order valence-electron chi connectivity index (χ4n) is 2.91. The van der Waals surface area contributed by atoms with Gasteiger partial charge in [-0.3, -0.25) is 0 Å². The van der Waals surface area contributed by atoms with Crippen molar-refractivity contribution in [1.82, 2.24) is 0 Å². The fraction of sp³-hybridized carbons (Fsp3) is 0.500. The summed E-state index contributed by atoms with van der Waals surface area (Å²) in [5, 5.41) is 0. The van der Waals surface area contributed by atoms with Crippen LogP contribution in [0.5, 0.6) is 0 Å². The Morgan fingerprint density at radius 3 is 2.42 bits per heavy atom. The van der Waals surface area contributed by atoms with Gasteiger partial charge in [0.15, 0.2) is 9.84 Å². The van der Waals surface area contributed by atoms with Crippen molar-refractivity contribution in [2.45, 2.75) is 38.5 Å². The second-order valence-electron chi connectivity index (χ2n) is 6.12. The zero-order valence-electron chi connectivity index (χ0n) is 11.9. The zero-order chi connectivity index (χ0) is 14.1. The molecule has 1 aromatic rings. The molecule has 1 atom stereocenters. The van der Waals surface area contributed by atoms with E-state index >= 15 is 0 Å². The minimum absolute atomic E-state index is 0.0562. The Morgan fingerprint density at radius 2 is 1.84 bits per heavy atom. The summed E-state index contributed by atoms with van der Waals surface area (Å²) >= 11 is 0. The van der Waals surface area contributed by atoms with Crippen molar-refractivity contribution in [3.63, 3.8) is 0 Å². The second kappa shape index (κ2) is 5.12. The summed E-state index contributed by atoms with van der Waals surface area (Å²) in [7, 11) is -3.20. The van der Waals surface area contributed by atoms with Crippen molar-refractivity contribution in [2.24, 2.45) is 11.3 Å². The summed E-state index contributed by atoms with van der Waals surface area (Å²) in [4.78, 5) is 0.434. The molecule has 0 radical (unpaired) electrons. The van der Waals surface area contributed by atoms with Crippen molar-refractivity contribution in [3.8, 4) is 0 Å². The zero-order valence-corrected chi connectivity index (χ0v) is 12.7. The molecule has 1 aliphatic carbocycles. The molecule has 3 heteroatoms. The van der Waals surface area contributed by atoms with Gasteiger partial charge in [-0.05, 0) is 43.2 Å². The van der Waals surface area contributed by atoms with Gasteiger partial charge in [-0.1, -0.05) is 43.7 Å². The highest BCUT2D eigenvalue weighted by atomic mass is 32.2. The van der Waals surface area contributed by atoms with Crippen molar-refractivity contribution in [3.05, 3.63) is 42.0 Å². The van der Waals surface area contributed by atoms with Crippen LogP contribution in [0.1, 0.15) is 33.6 Å². The van der Waals surface area contributed by atoms with E-state index in [9.17, 15) is 8.42 Å². The smallest absolute Gasteiger partial charge is 0.178 e. The molecule has 0 bridgehead atoms. The van der Waals surface area contributed by atoms with E-state index in [0.717, 1.165) is 12.8 Å². The summed E-state index contributed by atoms with van der Waals surface area (Å²) in [6, 6.07) is 8.77. The van der Waals surface area contributed by atoms with E-state index in [1.807, 2.05) is 6.07 Å². The lowest BCUT2D eigenvalue weighted by Crippen LogP contribution is -2.33. The highest BCUT2D eigenvalue weighted by Gasteiger charge is 2.36. The maximum absolute atomic E-state index is 12.5. The molecule has 0 aliphatic heterocycles. The Bertz CT molecular complexity index is 568. The van der Waals surface area contributed by atoms with Crippen LogP contribution in [-0.2, 0) is 9.84 Å². The lowest BCUT2D eigenvalue weighted by molar-refractivity contribution is 0.233. The predicted molar refractivity (Wildman–Crippen MR) is 78.8 cm³/mol. The first kappa shape index (κ1) is 14.3. The molecule has 104 valence electrons. The molecule has 2 rings (SSSR count). The molecule has 0 amide bonds. The summed E-state index contributed by atoms with van der Waals surface area (Å²) in [6.45, 7) is 6.41. The summed E-state index contributed by atoms with van der Waals surface area (Å²) in [5.74, 6) is 0.332. The summed E-state index contributed by atoms with van der Waals surface area (Å²) < 4.78 is 25.0. The van der Waals surface area contributed by atoms with Crippen LogP contribution in [-0.4, -0.2) is 14.2 Å². The number of sulfone groups is 1. The average Bonchev–Trinajstić information content (AvgIpc) is 2.35. The fourth-order valence-corrected chi connectivity index (χ4v) is 4.82. The van der Waals surface area contributed by atoms with E-state index < -0.39 is 9.84 Å². The normalized spacial score (nSPS) is 22.9. The van der Waals surface area contributed by atoms with Gasteiger partial charge in [0.2, 0.25) is 0 Å². The lowest BCUT2D eigenvalue weighted by Gasteiger charge is -2.38. The van der Waals surface area contributed by atoms with Gasteiger partial charge in [0.1, 0.15) is 0 Å². The Balaban J connectivity index is 2.30. The van der Waals surface area contributed by atoms with E-state index in [-0.39, 0.29) is 17.1 Å². The van der Waals surface area contributed by atoms with E-state index in [4.69, 9.17) is 0 Å². The molecule has 0 N–H and O–H groups in total. The topological polar surface area (TPSA) is 34.1 Å². The van der Waals surface area contributed by atoms with Crippen LogP contribution in [0, 0.1) is 11.3 Å². The molecule has 0 fully saturated rings. The molecule has 0 spiro atoms. The number of hydrogen-bond donors (Lipinski definition) is 0. The van der Waals surface area contributed by atoms with Gasteiger partial charge in [0.05, 0.1) is 10.6 Å². The van der Waals surface area contributed by atoms with Crippen molar-refractivity contribution >= 4 is 9.84 Å². The molecule has 1 aromatic carbocycles. The minimum atomic E-state index is -3.20. The van der Waals surface area contributed by atoms with Gasteiger partial charge in [0.25, 0.3) is 0 Å². The molecular formula is C16H22O2S. The largest absolute Gasteiger partial charge is 0.224 e. The van der Waals surface area contributed by atoms with E-state index in [0.29, 0.717) is 4.90 Å². The predicted octanol–water partition coefficient (Wildman–Crippen LogP) is 3.84. The molecule has 2 nitrogen and oxygen atoms in total. The molecule has 0 aromatic heterocycles.